The van der Waals surface area contributed by atoms with Gasteiger partial charge >= 0.3 is 5.51 Å². The van der Waals surface area contributed by atoms with Gasteiger partial charge in [0.2, 0.25) is 26.8 Å². The number of halogens is 4. The van der Waals surface area contributed by atoms with Crippen LogP contribution in [0.15, 0.2) is 81.0 Å². The number of aromatic nitrogens is 1. The molecule has 8 nitrogen and oxygen atoms in total. The van der Waals surface area contributed by atoms with E-state index in [9.17, 15) is 26.4 Å². The Hall–Kier alpha value is -3.07. The maximum atomic E-state index is 13.3. The van der Waals surface area contributed by atoms with E-state index in [4.69, 9.17) is 18.7 Å². The summed E-state index contributed by atoms with van der Waals surface area (Å²) in [5, 5.41) is 0.877. The number of hydrogen-bond donors (Lipinski definition) is 1. The highest BCUT2D eigenvalue weighted by atomic mass is 79.9. The quantitative estimate of drug-likeness (QED) is 0.219. The van der Waals surface area contributed by atoms with Crippen LogP contribution in [0.2, 0.25) is 0 Å². The molecule has 0 atom stereocenters. The lowest BCUT2D eigenvalue weighted by molar-refractivity contribution is -0.310. The molecule has 4 rings (SSSR count). The normalized spacial score (nSPS) is 12.3. The van der Waals surface area contributed by atoms with Crippen LogP contribution in [0.5, 0.6) is 0 Å². The first-order valence-electron chi connectivity index (χ1n) is 9.34. The Labute approximate surface area is 205 Å². The maximum Gasteiger partial charge on any atom is 0.485 e. The number of nitrogens with two attached hydrogens (primary N) is 1. The third kappa shape index (κ3) is 5.45. The monoisotopic (exact) mass is 590 g/mol. The maximum absolute atomic E-state index is 13.3. The molecule has 0 bridgehead atoms. The molecule has 184 valence electrons. The zero-order chi connectivity index (χ0) is 26.2. The van der Waals surface area contributed by atoms with Crippen LogP contribution in [-0.2, 0) is 20.0 Å². The first-order valence-corrected chi connectivity index (χ1v) is 13.0. The molecule has 0 spiro atoms. The molecule has 0 unspecified atom stereocenters. The van der Waals surface area contributed by atoms with Gasteiger partial charge in [-0.3, -0.25) is 4.79 Å². The predicted octanol–water partition coefficient (Wildman–Crippen LogP) is 3.55. The number of fused-ring (bicyclic) bond motifs is 2. The van der Waals surface area contributed by atoms with Crippen LogP contribution in [0.25, 0.3) is 21.8 Å². The van der Waals surface area contributed by atoms with Crippen molar-refractivity contribution in [3.63, 3.8) is 0 Å². The SMILES string of the molecule is NC(=O)c1c2ccccc2[nH+]c2cccc(S(=O)(=O)c3ccc(Br)cc3)c12.O=S(=O)([O-])C(F)(F)F. The Bertz CT molecular complexity index is 1660. The second-order valence-electron chi connectivity index (χ2n) is 6.95. The number of sulfone groups is 1. The smallest absolute Gasteiger partial charge is 0.485 e. The minimum absolute atomic E-state index is 0.0399. The molecular weight excluding hydrogens is 577 g/mol. The lowest BCUT2D eigenvalue weighted by atomic mass is 10.0. The van der Waals surface area contributed by atoms with E-state index in [1.54, 1.807) is 36.4 Å². The van der Waals surface area contributed by atoms with Crippen LogP contribution in [0.1, 0.15) is 10.4 Å². The number of carbonyl (C=O) groups is 1. The van der Waals surface area contributed by atoms with E-state index in [0.717, 1.165) is 4.47 Å². The molecule has 4 aromatic rings. The summed E-state index contributed by atoms with van der Waals surface area (Å²) in [4.78, 5) is 15.7. The second kappa shape index (κ2) is 9.53. The van der Waals surface area contributed by atoms with Crippen LogP contribution in [0, 0.1) is 0 Å². The van der Waals surface area contributed by atoms with Gasteiger partial charge in [0.15, 0.2) is 10.1 Å². The predicted molar refractivity (Wildman–Crippen MR) is 122 cm³/mol. The number of primary amides is 1. The Morgan fingerprint density at radius 3 is 1.97 bits per heavy atom. The molecule has 35 heavy (non-hydrogen) atoms. The van der Waals surface area contributed by atoms with E-state index in [1.165, 1.54) is 18.2 Å². The van der Waals surface area contributed by atoms with E-state index < -0.39 is 31.4 Å². The van der Waals surface area contributed by atoms with Crippen molar-refractivity contribution in [2.75, 3.05) is 0 Å². The largest absolute Gasteiger partial charge is 0.741 e. The number of nitrogens with one attached hydrogen (secondary N) is 1. The standard InChI is InChI=1S/C20H13BrN2O3S.CHF3O3S/c21-12-8-10-13(11-9-12)27(25,26)17-7-3-6-16-19(17)18(20(22)24)14-4-1-2-5-15(14)23-16;2-1(3,4)8(5,6)7/h1-11H,(H2,22,24);(H,5,6,7). The molecule has 3 aromatic carbocycles. The number of carbonyl (C=O) groups excluding carboxylic acids is 1. The minimum atomic E-state index is -6.09. The fourth-order valence-corrected chi connectivity index (χ4v) is 4.95. The van der Waals surface area contributed by atoms with Gasteiger partial charge in [-0.1, -0.05) is 34.1 Å². The molecule has 0 aliphatic rings. The van der Waals surface area contributed by atoms with Crippen LogP contribution < -0.4 is 10.7 Å². The molecule has 1 amide bonds. The third-order valence-corrected chi connectivity index (χ3v) is 7.59. The van der Waals surface area contributed by atoms with E-state index in [0.29, 0.717) is 21.8 Å². The van der Waals surface area contributed by atoms with Gasteiger partial charge in [-0.25, -0.2) is 21.8 Å². The van der Waals surface area contributed by atoms with Gasteiger partial charge < -0.3 is 10.3 Å². The number of benzene rings is 3. The van der Waals surface area contributed by atoms with Crippen molar-refractivity contribution in [3.8, 4) is 0 Å². The summed E-state index contributed by atoms with van der Waals surface area (Å²) in [6, 6.07) is 18.4. The van der Waals surface area contributed by atoms with Crippen molar-refractivity contribution >= 4 is 63.6 Å². The number of H-pyrrole nitrogens is 1. The van der Waals surface area contributed by atoms with E-state index in [1.807, 2.05) is 12.1 Å². The summed E-state index contributed by atoms with van der Waals surface area (Å²) in [7, 11) is -9.95. The first-order chi connectivity index (χ1) is 16.1. The number of amides is 1. The summed E-state index contributed by atoms with van der Waals surface area (Å²) in [5.41, 5.74) is 1.44. The highest BCUT2D eigenvalue weighted by Gasteiger charge is 2.37. The van der Waals surface area contributed by atoms with E-state index in [-0.39, 0.29) is 15.4 Å². The van der Waals surface area contributed by atoms with Crippen molar-refractivity contribution in [1.82, 2.24) is 0 Å². The molecule has 0 saturated carbocycles. The summed E-state index contributed by atoms with van der Waals surface area (Å²) in [6.45, 7) is 0. The van der Waals surface area contributed by atoms with Gasteiger partial charge in [-0.15, -0.1) is 0 Å². The van der Waals surface area contributed by atoms with Crippen LogP contribution in [0.3, 0.4) is 0 Å². The van der Waals surface area contributed by atoms with Crippen molar-refractivity contribution in [1.29, 1.82) is 0 Å². The molecular formula is C21H14BrF3N2O6S2. The fraction of sp³-hybridized carbons (Fsp3) is 0.0476. The topological polar surface area (TPSA) is 149 Å². The number of aromatic amines is 1. The van der Waals surface area contributed by atoms with Crippen molar-refractivity contribution in [2.45, 2.75) is 15.3 Å². The summed E-state index contributed by atoms with van der Waals surface area (Å²) >= 11 is 3.31. The Morgan fingerprint density at radius 1 is 0.886 bits per heavy atom. The number of rotatable bonds is 3. The van der Waals surface area contributed by atoms with Gasteiger partial charge in [-0.05, 0) is 36.4 Å². The fourth-order valence-electron chi connectivity index (χ4n) is 3.20. The Balaban J connectivity index is 0.000000371. The molecule has 0 saturated heterocycles. The average Bonchev–Trinajstić information content (AvgIpc) is 2.76. The minimum Gasteiger partial charge on any atom is -0.741 e. The molecule has 14 heteroatoms. The number of alkyl halides is 3. The summed E-state index contributed by atoms with van der Waals surface area (Å²) in [5.74, 6) is -0.677. The molecule has 0 radical (unpaired) electrons. The van der Waals surface area contributed by atoms with Gasteiger partial charge in [-0.2, -0.15) is 13.2 Å². The molecule has 0 aliphatic carbocycles. The highest BCUT2D eigenvalue weighted by Crippen LogP contribution is 2.32. The molecule has 0 fully saturated rings. The van der Waals surface area contributed by atoms with Gasteiger partial charge in [0.05, 0.1) is 26.1 Å². The van der Waals surface area contributed by atoms with Crippen molar-refractivity contribution in [3.05, 3.63) is 76.8 Å². The first kappa shape index (κ1) is 26.5. The molecule has 0 aliphatic heterocycles. The van der Waals surface area contributed by atoms with E-state index >= 15 is 0 Å². The lowest BCUT2D eigenvalue weighted by Gasteiger charge is -2.10. The van der Waals surface area contributed by atoms with Crippen LogP contribution in [-0.4, -0.2) is 32.8 Å². The average molecular weight is 591 g/mol. The zero-order valence-electron chi connectivity index (χ0n) is 17.2. The summed E-state index contributed by atoms with van der Waals surface area (Å²) < 4.78 is 86.3. The lowest BCUT2D eigenvalue weighted by Crippen LogP contribution is -2.21. The Kier molecular flexibility index (Phi) is 7.22. The molecule has 3 N–H and O–H groups in total. The number of pyridine rings is 1. The highest BCUT2D eigenvalue weighted by molar-refractivity contribution is 9.10. The molecule has 1 aromatic heterocycles. The van der Waals surface area contributed by atoms with Crippen LogP contribution in [0.4, 0.5) is 13.2 Å². The van der Waals surface area contributed by atoms with Gasteiger partial charge in [0.1, 0.15) is 0 Å². The van der Waals surface area contributed by atoms with Gasteiger partial charge in [0.25, 0.3) is 0 Å². The summed E-state index contributed by atoms with van der Waals surface area (Å²) in [6.07, 6.45) is 0. The number of hydrogen-bond acceptors (Lipinski definition) is 6. The van der Waals surface area contributed by atoms with Crippen molar-refractivity contribution < 1.29 is 44.3 Å². The van der Waals surface area contributed by atoms with Gasteiger partial charge in [0, 0.05) is 16.6 Å². The van der Waals surface area contributed by atoms with Crippen molar-refractivity contribution in [2.24, 2.45) is 5.73 Å². The van der Waals surface area contributed by atoms with Crippen LogP contribution >= 0.6 is 15.9 Å². The molecule has 1 heterocycles. The Morgan fingerprint density at radius 2 is 1.43 bits per heavy atom. The number of para-hydroxylation sites is 1. The zero-order valence-corrected chi connectivity index (χ0v) is 20.4. The second-order valence-corrected chi connectivity index (χ2v) is 11.2. The van der Waals surface area contributed by atoms with E-state index in [2.05, 4.69) is 20.9 Å². The third-order valence-electron chi connectivity index (χ3n) is 4.69.